The number of benzene rings is 1. The van der Waals surface area contributed by atoms with Gasteiger partial charge >= 0.3 is 0 Å². The van der Waals surface area contributed by atoms with E-state index in [-0.39, 0.29) is 29.6 Å². The lowest BCUT2D eigenvalue weighted by molar-refractivity contribution is -0.127. The number of halogens is 1. The molecule has 1 atom stereocenters. The van der Waals surface area contributed by atoms with Crippen LogP contribution in [0.2, 0.25) is 0 Å². The van der Waals surface area contributed by atoms with Gasteiger partial charge in [0.2, 0.25) is 5.91 Å². The Bertz CT molecular complexity index is 823. The second-order valence-electron chi connectivity index (χ2n) is 8.13. The Morgan fingerprint density at radius 2 is 1.72 bits per heavy atom. The van der Waals surface area contributed by atoms with Crippen LogP contribution >= 0.6 is 11.3 Å². The molecular formula is C23H27FN2O2S. The summed E-state index contributed by atoms with van der Waals surface area (Å²) in [5.41, 5.74) is 0.983. The lowest BCUT2D eigenvalue weighted by atomic mass is 9.89. The van der Waals surface area contributed by atoms with Crippen LogP contribution < -0.4 is 5.32 Å². The number of nitrogens with one attached hydrogen (secondary N) is 1. The van der Waals surface area contributed by atoms with Crippen LogP contribution in [0.15, 0.2) is 41.8 Å². The average molecular weight is 415 g/mol. The van der Waals surface area contributed by atoms with Crippen molar-refractivity contribution < 1.29 is 14.0 Å². The van der Waals surface area contributed by atoms with Gasteiger partial charge in [-0.1, -0.05) is 31.0 Å². The highest BCUT2D eigenvalue weighted by molar-refractivity contribution is 7.12. The summed E-state index contributed by atoms with van der Waals surface area (Å²) < 4.78 is 13.4. The highest BCUT2D eigenvalue weighted by Crippen LogP contribution is 2.36. The van der Waals surface area contributed by atoms with Gasteiger partial charge in [0.15, 0.2) is 0 Å². The zero-order valence-corrected chi connectivity index (χ0v) is 17.3. The van der Waals surface area contributed by atoms with E-state index in [4.69, 9.17) is 0 Å². The fraction of sp³-hybridized carbons (Fsp3) is 0.478. The number of nitrogens with zero attached hydrogens (tertiary/aromatic N) is 1. The normalized spacial score (nSPS) is 19.3. The van der Waals surface area contributed by atoms with E-state index in [2.05, 4.69) is 5.32 Å². The Hall–Kier alpha value is -2.21. The first-order valence-electron chi connectivity index (χ1n) is 10.5. The Morgan fingerprint density at radius 1 is 1.03 bits per heavy atom. The molecule has 4 nitrogen and oxygen atoms in total. The zero-order chi connectivity index (χ0) is 20.2. The minimum Gasteiger partial charge on any atom is -0.349 e. The summed E-state index contributed by atoms with van der Waals surface area (Å²) in [6.07, 6.45) is 5.92. The number of piperidine rings is 1. The molecule has 2 amide bonds. The van der Waals surface area contributed by atoms with Crippen molar-refractivity contribution in [2.75, 3.05) is 13.1 Å². The molecule has 6 heteroatoms. The standard InChI is InChI=1S/C23H27FN2O2S/c24-19-9-7-17(8-10-19)21(16-4-1-2-5-16)25-22(27)18-11-13-26(14-12-18)23(28)20-6-3-15-29-20/h3,6-10,15-16,18,21H,1-2,4-5,11-14H2,(H,25,27)/t21-/m1/s1. The smallest absolute Gasteiger partial charge is 0.263 e. The van der Waals surface area contributed by atoms with Crippen molar-refractivity contribution in [1.82, 2.24) is 10.2 Å². The molecule has 1 N–H and O–H groups in total. The molecule has 0 spiro atoms. The summed E-state index contributed by atoms with van der Waals surface area (Å²) in [6, 6.07) is 10.2. The van der Waals surface area contributed by atoms with Crippen molar-refractivity contribution in [2.45, 2.75) is 44.6 Å². The van der Waals surface area contributed by atoms with Crippen LogP contribution in [0.5, 0.6) is 0 Å². The molecule has 1 saturated heterocycles. The predicted molar refractivity (Wildman–Crippen MR) is 112 cm³/mol. The number of hydrogen-bond donors (Lipinski definition) is 1. The number of amides is 2. The van der Waals surface area contributed by atoms with Crippen molar-refractivity contribution >= 4 is 23.2 Å². The number of thiophene rings is 1. The maximum absolute atomic E-state index is 13.4. The van der Waals surface area contributed by atoms with Crippen molar-refractivity contribution in [3.05, 3.63) is 58.0 Å². The minimum absolute atomic E-state index is 0.0589. The summed E-state index contributed by atoms with van der Waals surface area (Å²) in [7, 11) is 0. The summed E-state index contributed by atoms with van der Waals surface area (Å²) in [6.45, 7) is 1.22. The fourth-order valence-corrected chi connectivity index (χ4v) is 5.30. The van der Waals surface area contributed by atoms with Gasteiger partial charge in [-0.2, -0.15) is 0 Å². The number of carbonyl (C=O) groups is 2. The van der Waals surface area contributed by atoms with Crippen LogP contribution in [0.25, 0.3) is 0 Å². The molecule has 0 radical (unpaired) electrons. The molecular weight excluding hydrogens is 387 g/mol. The zero-order valence-electron chi connectivity index (χ0n) is 16.5. The van der Waals surface area contributed by atoms with E-state index in [1.54, 1.807) is 12.1 Å². The van der Waals surface area contributed by atoms with Crippen molar-refractivity contribution in [2.24, 2.45) is 11.8 Å². The monoisotopic (exact) mass is 414 g/mol. The third-order valence-corrected chi connectivity index (χ3v) is 7.14. The second kappa shape index (κ2) is 9.08. The molecule has 0 bridgehead atoms. The van der Waals surface area contributed by atoms with Gasteiger partial charge in [-0.25, -0.2) is 4.39 Å². The third kappa shape index (κ3) is 4.69. The van der Waals surface area contributed by atoms with Crippen LogP contribution in [-0.2, 0) is 4.79 Å². The Balaban J connectivity index is 1.38. The molecule has 2 aliphatic rings. The molecule has 1 aromatic heterocycles. The predicted octanol–water partition coefficient (Wildman–Crippen LogP) is 4.79. The molecule has 2 aromatic rings. The summed E-state index contributed by atoms with van der Waals surface area (Å²) >= 11 is 1.46. The van der Waals surface area contributed by atoms with Crippen LogP contribution in [0.4, 0.5) is 4.39 Å². The van der Waals surface area contributed by atoms with E-state index in [0.29, 0.717) is 31.8 Å². The largest absolute Gasteiger partial charge is 0.349 e. The van der Waals surface area contributed by atoms with E-state index in [0.717, 1.165) is 23.3 Å². The topological polar surface area (TPSA) is 49.4 Å². The maximum Gasteiger partial charge on any atom is 0.263 e. The summed E-state index contributed by atoms with van der Waals surface area (Å²) in [5.74, 6) is 0.202. The van der Waals surface area contributed by atoms with Gasteiger partial charge in [0.05, 0.1) is 10.9 Å². The van der Waals surface area contributed by atoms with Gasteiger partial charge in [-0.05, 0) is 60.7 Å². The number of hydrogen-bond acceptors (Lipinski definition) is 3. The first kappa shape index (κ1) is 20.1. The molecule has 29 heavy (non-hydrogen) atoms. The average Bonchev–Trinajstić information content (AvgIpc) is 3.46. The molecule has 1 aliphatic heterocycles. The highest BCUT2D eigenvalue weighted by atomic mass is 32.1. The van der Waals surface area contributed by atoms with E-state index >= 15 is 0 Å². The first-order chi connectivity index (χ1) is 14.1. The fourth-order valence-electron chi connectivity index (χ4n) is 4.61. The maximum atomic E-state index is 13.4. The van der Waals surface area contributed by atoms with Crippen LogP contribution in [0.3, 0.4) is 0 Å². The van der Waals surface area contributed by atoms with Crippen molar-refractivity contribution in [1.29, 1.82) is 0 Å². The SMILES string of the molecule is O=C(N[C@@H](c1ccc(F)cc1)C1CCCC1)C1CCN(C(=O)c2cccs2)CC1. The lowest BCUT2D eigenvalue weighted by Gasteiger charge is -2.33. The van der Waals surface area contributed by atoms with E-state index in [1.165, 1.54) is 36.3 Å². The number of rotatable bonds is 5. The first-order valence-corrected chi connectivity index (χ1v) is 11.4. The van der Waals surface area contributed by atoms with Gasteiger partial charge in [-0.3, -0.25) is 9.59 Å². The lowest BCUT2D eigenvalue weighted by Crippen LogP contribution is -2.44. The van der Waals surface area contributed by atoms with Crippen LogP contribution in [0.1, 0.15) is 59.8 Å². The quantitative estimate of drug-likeness (QED) is 0.765. The molecule has 2 heterocycles. The molecule has 0 unspecified atom stereocenters. The van der Waals surface area contributed by atoms with Crippen LogP contribution in [-0.4, -0.2) is 29.8 Å². The Labute approximate surface area is 175 Å². The Morgan fingerprint density at radius 3 is 2.34 bits per heavy atom. The Kier molecular flexibility index (Phi) is 6.28. The minimum atomic E-state index is -0.256. The van der Waals surface area contributed by atoms with Crippen molar-refractivity contribution in [3.8, 4) is 0 Å². The third-order valence-electron chi connectivity index (χ3n) is 6.28. The van der Waals surface area contributed by atoms with Gasteiger partial charge in [0.1, 0.15) is 5.82 Å². The van der Waals surface area contributed by atoms with Gasteiger partial charge in [0, 0.05) is 19.0 Å². The summed E-state index contributed by atoms with van der Waals surface area (Å²) in [4.78, 5) is 28.1. The molecule has 1 aromatic carbocycles. The second-order valence-corrected chi connectivity index (χ2v) is 9.07. The van der Waals surface area contributed by atoms with Crippen LogP contribution in [0, 0.1) is 17.7 Å². The highest BCUT2D eigenvalue weighted by Gasteiger charge is 2.32. The van der Waals surface area contributed by atoms with Gasteiger partial charge in [-0.15, -0.1) is 11.3 Å². The van der Waals surface area contributed by atoms with E-state index in [1.807, 2.05) is 22.4 Å². The van der Waals surface area contributed by atoms with Gasteiger partial charge < -0.3 is 10.2 Å². The molecule has 154 valence electrons. The molecule has 1 saturated carbocycles. The molecule has 2 fully saturated rings. The number of likely N-dealkylation sites (tertiary alicyclic amines) is 1. The number of carbonyl (C=O) groups excluding carboxylic acids is 2. The van der Waals surface area contributed by atoms with Gasteiger partial charge in [0.25, 0.3) is 5.91 Å². The molecule has 1 aliphatic carbocycles. The summed E-state index contributed by atoms with van der Waals surface area (Å²) in [5, 5.41) is 5.18. The van der Waals surface area contributed by atoms with E-state index < -0.39 is 0 Å². The van der Waals surface area contributed by atoms with Crippen molar-refractivity contribution in [3.63, 3.8) is 0 Å². The van der Waals surface area contributed by atoms with E-state index in [9.17, 15) is 14.0 Å². The molecule has 4 rings (SSSR count).